The summed E-state index contributed by atoms with van der Waals surface area (Å²) in [5.41, 5.74) is 1.71. The smallest absolute Gasteiger partial charge is 0.336 e. The van der Waals surface area contributed by atoms with E-state index in [1.165, 1.54) is 70.3 Å². The van der Waals surface area contributed by atoms with Gasteiger partial charge in [0.2, 0.25) is 0 Å². The van der Waals surface area contributed by atoms with Crippen LogP contribution in [0.4, 0.5) is 0 Å². The van der Waals surface area contributed by atoms with E-state index >= 15 is 0 Å². The molecule has 0 heterocycles. The van der Waals surface area contributed by atoms with Crippen LogP contribution in [0.25, 0.3) is 0 Å². The SMILES string of the molecule is CCCCCCCCCCCc1ccc(C(=O)O)c(C(=O)O)c1CCCCCCCC. The summed E-state index contributed by atoms with van der Waals surface area (Å²) < 4.78 is 0. The number of aryl methyl sites for hydroxylation is 1. The van der Waals surface area contributed by atoms with Crippen LogP contribution < -0.4 is 0 Å². The Bertz CT molecular complexity index is 651. The van der Waals surface area contributed by atoms with Crippen LogP contribution >= 0.6 is 0 Å². The van der Waals surface area contributed by atoms with Crippen molar-refractivity contribution in [2.24, 2.45) is 0 Å². The average Bonchev–Trinajstić information content (AvgIpc) is 2.74. The van der Waals surface area contributed by atoms with Gasteiger partial charge in [0.05, 0.1) is 11.1 Å². The number of aromatic carboxylic acids is 2. The van der Waals surface area contributed by atoms with Crippen molar-refractivity contribution in [3.05, 3.63) is 34.4 Å². The van der Waals surface area contributed by atoms with Crippen molar-refractivity contribution < 1.29 is 19.8 Å². The first-order valence-electron chi connectivity index (χ1n) is 12.6. The lowest BCUT2D eigenvalue weighted by Gasteiger charge is -2.15. The number of carboxylic acid groups (broad SMARTS) is 2. The molecule has 0 aliphatic heterocycles. The van der Waals surface area contributed by atoms with Crippen molar-refractivity contribution in [1.82, 2.24) is 0 Å². The molecule has 0 aliphatic carbocycles. The minimum absolute atomic E-state index is 0.00878. The highest BCUT2D eigenvalue weighted by molar-refractivity contribution is 6.03. The van der Waals surface area contributed by atoms with Crippen LogP contribution in [0.1, 0.15) is 142 Å². The summed E-state index contributed by atoms with van der Waals surface area (Å²) in [6, 6.07) is 3.34. The van der Waals surface area contributed by atoms with E-state index in [0.29, 0.717) is 6.42 Å². The minimum atomic E-state index is -1.16. The van der Waals surface area contributed by atoms with Gasteiger partial charge in [-0.3, -0.25) is 0 Å². The molecule has 0 radical (unpaired) electrons. The van der Waals surface area contributed by atoms with Crippen LogP contribution in [0.5, 0.6) is 0 Å². The first-order chi connectivity index (χ1) is 15.0. The third-order valence-corrected chi connectivity index (χ3v) is 6.18. The molecule has 0 spiro atoms. The van der Waals surface area contributed by atoms with Crippen LogP contribution in [0.15, 0.2) is 12.1 Å². The molecule has 1 rings (SSSR count). The van der Waals surface area contributed by atoms with E-state index in [1.807, 2.05) is 6.07 Å². The number of benzene rings is 1. The Morgan fingerprint density at radius 1 is 0.613 bits per heavy atom. The van der Waals surface area contributed by atoms with Crippen molar-refractivity contribution in [2.75, 3.05) is 0 Å². The van der Waals surface area contributed by atoms with E-state index < -0.39 is 11.9 Å². The van der Waals surface area contributed by atoms with E-state index in [4.69, 9.17) is 0 Å². The molecule has 0 saturated heterocycles. The fraction of sp³-hybridized carbons (Fsp3) is 0.704. The number of unbranched alkanes of at least 4 members (excludes halogenated alkanes) is 13. The van der Waals surface area contributed by atoms with Crippen LogP contribution in [0.3, 0.4) is 0 Å². The van der Waals surface area contributed by atoms with Gasteiger partial charge >= 0.3 is 11.9 Å². The first-order valence-corrected chi connectivity index (χ1v) is 12.6. The predicted octanol–water partition coefficient (Wildman–Crippen LogP) is 8.06. The van der Waals surface area contributed by atoms with Gasteiger partial charge in [0, 0.05) is 0 Å². The highest BCUT2D eigenvalue weighted by Gasteiger charge is 2.22. The lowest BCUT2D eigenvalue weighted by atomic mass is 9.89. The first kappa shape index (κ1) is 27.2. The van der Waals surface area contributed by atoms with Crippen molar-refractivity contribution in [1.29, 1.82) is 0 Å². The van der Waals surface area contributed by atoms with Gasteiger partial charge in [-0.05, 0) is 42.9 Å². The highest BCUT2D eigenvalue weighted by atomic mass is 16.4. The lowest BCUT2D eigenvalue weighted by molar-refractivity contribution is 0.0650. The second-order valence-electron chi connectivity index (χ2n) is 8.83. The van der Waals surface area contributed by atoms with Crippen LogP contribution in [-0.4, -0.2) is 22.2 Å². The topological polar surface area (TPSA) is 74.6 Å². The third kappa shape index (κ3) is 10.8. The fourth-order valence-electron chi connectivity index (χ4n) is 4.34. The average molecular weight is 433 g/mol. The third-order valence-electron chi connectivity index (χ3n) is 6.18. The monoisotopic (exact) mass is 432 g/mol. The molecule has 31 heavy (non-hydrogen) atoms. The van der Waals surface area contributed by atoms with E-state index in [9.17, 15) is 19.8 Å². The van der Waals surface area contributed by atoms with Gasteiger partial charge < -0.3 is 10.2 Å². The number of hydrogen-bond acceptors (Lipinski definition) is 2. The Hall–Kier alpha value is -1.84. The van der Waals surface area contributed by atoms with E-state index in [2.05, 4.69) is 13.8 Å². The van der Waals surface area contributed by atoms with Gasteiger partial charge in [0.25, 0.3) is 0 Å². The normalized spacial score (nSPS) is 11.0. The number of carboxylic acids is 2. The van der Waals surface area contributed by atoms with Gasteiger partial charge in [-0.15, -0.1) is 0 Å². The van der Waals surface area contributed by atoms with Gasteiger partial charge in [-0.2, -0.15) is 0 Å². The van der Waals surface area contributed by atoms with Crippen molar-refractivity contribution >= 4 is 11.9 Å². The maximum atomic E-state index is 11.9. The van der Waals surface area contributed by atoms with E-state index in [1.54, 1.807) is 0 Å². The Labute approximate surface area is 189 Å². The molecule has 0 aliphatic rings. The molecule has 4 heteroatoms. The van der Waals surface area contributed by atoms with Gasteiger partial charge in [0.15, 0.2) is 0 Å². The molecule has 0 atom stereocenters. The second kappa shape index (κ2) is 16.8. The standard InChI is InChI=1S/C27H44O4/c1-3-5-7-9-11-12-13-14-16-18-22-20-21-24(26(28)29)25(27(30)31)23(22)19-17-15-10-8-6-4-2/h20-21H,3-19H2,1-2H3,(H,28,29)(H,30,31). The molecule has 176 valence electrons. The predicted molar refractivity (Wildman–Crippen MR) is 128 cm³/mol. The molecule has 4 nitrogen and oxygen atoms in total. The zero-order valence-electron chi connectivity index (χ0n) is 19.9. The number of hydrogen-bond donors (Lipinski definition) is 2. The van der Waals surface area contributed by atoms with Crippen LogP contribution in [-0.2, 0) is 12.8 Å². The molecular formula is C27H44O4. The molecular weight excluding hydrogens is 388 g/mol. The largest absolute Gasteiger partial charge is 0.478 e. The Kier molecular flexibility index (Phi) is 14.7. The zero-order valence-corrected chi connectivity index (χ0v) is 19.9. The summed E-state index contributed by atoms with van der Waals surface area (Å²) in [5.74, 6) is -2.27. The van der Waals surface area contributed by atoms with Crippen LogP contribution in [0.2, 0.25) is 0 Å². The minimum Gasteiger partial charge on any atom is -0.478 e. The molecule has 0 amide bonds. The molecule has 0 aromatic heterocycles. The molecule has 0 unspecified atom stereocenters. The molecule has 0 saturated carbocycles. The molecule has 0 bridgehead atoms. The van der Waals surface area contributed by atoms with Gasteiger partial charge in [0.1, 0.15) is 0 Å². The Morgan fingerprint density at radius 2 is 1.06 bits per heavy atom. The second-order valence-corrected chi connectivity index (χ2v) is 8.83. The highest BCUT2D eigenvalue weighted by Crippen LogP contribution is 2.25. The maximum absolute atomic E-state index is 11.9. The summed E-state index contributed by atoms with van der Waals surface area (Å²) in [6.45, 7) is 4.43. The van der Waals surface area contributed by atoms with Crippen molar-refractivity contribution in [2.45, 2.75) is 123 Å². The summed E-state index contributed by atoms with van der Waals surface area (Å²) in [4.78, 5) is 23.5. The Morgan fingerprint density at radius 3 is 1.52 bits per heavy atom. The lowest BCUT2D eigenvalue weighted by Crippen LogP contribution is -2.14. The summed E-state index contributed by atoms with van der Waals surface area (Å²) in [6.07, 6.45) is 19.5. The number of rotatable bonds is 19. The molecule has 2 N–H and O–H groups in total. The summed E-state index contributed by atoms with van der Waals surface area (Å²) >= 11 is 0. The van der Waals surface area contributed by atoms with E-state index in [-0.39, 0.29) is 11.1 Å². The zero-order chi connectivity index (χ0) is 22.9. The van der Waals surface area contributed by atoms with E-state index in [0.717, 1.165) is 49.7 Å². The fourth-order valence-corrected chi connectivity index (χ4v) is 4.34. The van der Waals surface area contributed by atoms with Crippen molar-refractivity contribution in [3.8, 4) is 0 Å². The van der Waals surface area contributed by atoms with Gasteiger partial charge in [-0.1, -0.05) is 103 Å². The molecule has 1 aromatic carbocycles. The summed E-state index contributed by atoms with van der Waals surface area (Å²) in [5, 5.41) is 19.2. The summed E-state index contributed by atoms with van der Waals surface area (Å²) in [7, 11) is 0. The van der Waals surface area contributed by atoms with Crippen molar-refractivity contribution in [3.63, 3.8) is 0 Å². The molecule has 1 aromatic rings. The Balaban J connectivity index is 2.68. The van der Waals surface area contributed by atoms with Gasteiger partial charge in [-0.25, -0.2) is 9.59 Å². The van der Waals surface area contributed by atoms with Crippen LogP contribution in [0, 0.1) is 0 Å². The molecule has 0 fully saturated rings. The number of carbonyl (C=O) groups is 2. The quantitative estimate of drug-likeness (QED) is 0.217. The maximum Gasteiger partial charge on any atom is 0.336 e.